The molecule has 1 atom stereocenters. The maximum atomic E-state index is 12.3. The van der Waals surface area contributed by atoms with E-state index in [0.29, 0.717) is 12.8 Å². The van der Waals surface area contributed by atoms with E-state index in [9.17, 15) is 14.7 Å². The van der Waals surface area contributed by atoms with E-state index >= 15 is 0 Å². The van der Waals surface area contributed by atoms with Gasteiger partial charge in [0.05, 0.1) is 6.61 Å². The van der Waals surface area contributed by atoms with E-state index in [0.717, 1.165) is 70.6 Å². The minimum atomic E-state index is -0.769. The molecule has 60 heavy (non-hydrogen) atoms. The average molecular weight is 839 g/mol. The Morgan fingerprint density at radius 2 is 0.717 bits per heavy atom. The number of hydrogen-bond acceptors (Lipinski definition) is 5. The average Bonchev–Trinajstić information content (AvgIpc) is 3.25. The maximum Gasteiger partial charge on any atom is 0.306 e. The van der Waals surface area contributed by atoms with Crippen molar-refractivity contribution in [3.05, 3.63) is 60.8 Å². The van der Waals surface area contributed by atoms with Crippen molar-refractivity contribution in [3.63, 3.8) is 0 Å². The Bertz CT molecular complexity index is 1040. The summed E-state index contributed by atoms with van der Waals surface area (Å²) >= 11 is 0. The zero-order chi connectivity index (χ0) is 43.5. The predicted molar refractivity (Wildman–Crippen MR) is 260 cm³/mol. The van der Waals surface area contributed by atoms with Gasteiger partial charge in [0.15, 0.2) is 6.10 Å². The fourth-order valence-corrected chi connectivity index (χ4v) is 7.47. The smallest absolute Gasteiger partial charge is 0.306 e. The maximum absolute atomic E-state index is 12.3. The van der Waals surface area contributed by atoms with Gasteiger partial charge in [-0.15, -0.1) is 0 Å². The molecule has 1 N–H and O–H groups in total. The lowest BCUT2D eigenvalue weighted by atomic mass is 10.0. The van der Waals surface area contributed by atoms with E-state index in [1.165, 1.54) is 161 Å². The molecule has 0 aromatic rings. The Balaban J connectivity index is 3.45. The van der Waals surface area contributed by atoms with Gasteiger partial charge in [-0.1, -0.05) is 248 Å². The SMILES string of the molecule is CC/C=C\C/C=C\C/C=C\C/C=C\C/C=C\CCCCCCCCCCCCCCCCCCCC(=O)OC(CO)COC(=O)CCCCCCCCCCCCCCC. The lowest BCUT2D eigenvalue weighted by molar-refractivity contribution is -0.161. The molecule has 0 saturated heterocycles. The molecule has 0 aliphatic rings. The van der Waals surface area contributed by atoms with Gasteiger partial charge in [0.2, 0.25) is 0 Å². The highest BCUT2D eigenvalue weighted by Gasteiger charge is 2.16. The topological polar surface area (TPSA) is 72.8 Å². The Hall–Kier alpha value is -2.40. The number of carbonyl (C=O) groups excluding carboxylic acids is 2. The van der Waals surface area contributed by atoms with Gasteiger partial charge in [0.1, 0.15) is 6.61 Å². The molecular formula is C55H98O5. The van der Waals surface area contributed by atoms with Crippen LogP contribution >= 0.6 is 0 Å². The Morgan fingerprint density at radius 1 is 0.400 bits per heavy atom. The number of carbonyl (C=O) groups is 2. The van der Waals surface area contributed by atoms with Crippen molar-refractivity contribution >= 4 is 11.9 Å². The second-order valence-electron chi connectivity index (χ2n) is 17.2. The van der Waals surface area contributed by atoms with E-state index in [1.807, 2.05) is 0 Å². The van der Waals surface area contributed by atoms with Crippen molar-refractivity contribution in [2.75, 3.05) is 13.2 Å². The molecule has 0 heterocycles. The molecule has 0 aromatic carbocycles. The summed E-state index contributed by atoms with van der Waals surface area (Å²) in [5.41, 5.74) is 0. The Kier molecular flexibility index (Phi) is 48.9. The van der Waals surface area contributed by atoms with Gasteiger partial charge in [-0.2, -0.15) is 0 Å². The molecule has 0 bridgehead atoms. The summed E-state index contributed by atoms with van der Waals surface area (Å²) < 4.78 is 10.7. The molecule has 0 amide bonds. The van der Waals surface area contributed by atoms with Crippen LogP contribution < -0.4 is 0 Å². The molecule has 5 nitrogen and oxygen atoms in total. The van der Waals surface area contributed by atoms with Crippen molar-refractivity contribution in [1.29, 1.82) is 0 Å². The van der Waals surface area contributed by atoms with Gasteiger partial charge >= 0.3 is 11.9 Å². The number of allylic oxidation sites excluding steroid dienone is 10. The summed E-state index contributed by atoms with van der Waals surface area (Å²) in [5.74, 6) is -0.580. The quantitative estimate of drug-likeness (QED) is 0.0375. The predicted octanol–water partition coefficient (Wildman–Crippen LogP) is 17.1. The van der Waals surface area contributed by atoms with Crippen molar-refractivity contribution < 1.29 is 24.2 Å². The van der Waals surface area contributed by atoms with Crippen LogP contribution in [0.15, 0.2) is 60.8 Å². The van der Waals surface area contributed by atoms with Gasteiger partial charge < -0.3 is 14.6 Å². The minimum Gasteiger partial charge on any atom is -0.462 e. The summed E-state index contributed by atoms with van der Waals surface area (Å²) in [4.78, 5) is 24.4. The van der Waals surface area contributed by atoms with Crippen LogP contribution in [0.5, 0.6) is 0 Å². The number of hydrogen-bond donors (Lipinski definition) is 1. The first-order valence-electron chi connectivity index (χ1n) is 25.8. The van der Waals surface area contributed by atoms with Crippen molar-refractivity contribution in [1.82, 2.24) is 0 Å². The summed E-state index contributed by atoms with van der Waals surface area (Å²) in [6, 6.07) is 0. The Labute approximate surface area is 372 Å². The van der Waals surface area contributed by atoms with E-state index in [4.69, 9.17) is 9.47 Å². The zero-order valence-electron chi connectivity index (χ0n) is 39.7. The van der Waals surface area contributed by atoms with E-state index < -0.39 is 6.10 Å². The molecule has 5 heteroatoms. The van der Waals surface area contributed by atoms with Crippen molar-refractivity contribution in [2.45, 2.75) is 264 Å². The standard InChI is InChI=1S/C55H98O5/c1-3-5-7-9-11-13-15-17-18-19-20-21-22-23-24-25-26-27-28-29-30-31-32-33-34-35-36-38-40-42-44-46-48-50-55(58)60-53(51-56)52-59-54(57)49-47-45-43-41-39-37-16-14-12-10-8-6-4-2/h5,7,11,13,17-18,20-21,23-24,53,56H,3-4,6,8-10,12,14-16,19,22,25-52H2,1-2H3/b7-5-,13-11-,18-17-,21-20-,24-23-. The largest absolute Gasteiger partial charge is 0.462 e. The van der Waals surface area contributed by atoms with Crippen molar-refractivity contribution in [2.24, 2.45) is 0 Å². The number of rotatable bonds is 47. The number of ether oxygens (including phenoxy) is 2. The highest BCUT2D eigenvalue weighted by molar-refractivity contribution is 5.70. The van der Waals surface area contributed by atoms with E-state index in [1.54, 1.807) is 0 Å². The van der Waals surface area contributed by atoms with E-state index in [2.05, 4.69) is 74.6 Å². The minimum absolute atomic E-state index is 0.0621. The third-order valence-electron chi connectivity index (χ3n) is 11.3. The number of esters is 2. The molecule has 0 saturated carbocycles. The van der Waals surface area contributed by atoms with Crippen LogP contribution in [0.1, 0.15) is 258 Å². The van der Waals surface area contributed by atoms with Gasteiger partial charge in [-0.25, -0.2) is 0 Å². The van der Waals surface area contributed by atoms with Crippen LogP contribution in [0.3, 0.4) is 0 Å². The van der Waals surface area contributed by atoms with E-state index in [-0.39, 0.29) is 25.2 Å². The molecule has 1 unspecified atom stereocenters. The van der Waals surface area contributed by atoms with Crippen LogP contribution in [-0.4, -0.2) is 36.4 Å². The molecule has 0 aromatic heterocycles. The molecule has 0 aliphatic carbocycles. The highest BCUT2D eigenvalue weighted by Crippen LogP contribution is 2.16. The molecule has 0 aliphatic heterocycles. The molecule has 0 radical (unpaired) electrons. The lowest BCUT2D eigenvalue weighted by Gasteiger charge is -2.15. The third-order valence-corrected chi connectivity index (χ3v) is 11.3. The van der Waals surface area contributed by atoms with Gasteiger partial charge in [0.25, 0.3) is 0 Å². The van der Waals surface area contributed by atoms with Gasteiger partial charge in [-0.3, -0.25) is 9.59 Å². The number of unbranched alkanes of at least 4 members (excludes halogenated alkanes) is 29. The fraction of sp³-hybridized carbons (Fsp3) is 0.782. The fourth-order valence-electron chi connectivity index (χ4n) is 7.47. The molecule has 348 valence electrons. The van der Waals surface area contributed by atoms with Crippen LogP contribution in [-0.2, 0) is 19.1 Å². The zero-order valence-corrected chi connectivity index (χ0v) is 39.7. The van der Waals surface area contributed by atoms with Crippen LogP contribution in [0.25, 0.3) is 0 Å². The van der Waals surface area contributed by atoms with Gasteiger partial charge in [-0.05, 0) is 57.8 Å². The summed E-state index contributed by atoms with van der Waals surface area (Å²) in [6.45, 7) is 4.04. The second kappa shape index (κ2) is 51.0. The number of aliphatic hydroxyl groups is 1. The van der Waals surface area contributed by atoms with Crippen molar-refractivity contribution in [3.8, 4) is 0 Å². The molecule has 0 spiro atoms. The summed E-state index contributed by atoms with van der Waals surface area (Å²) in [5, 5.41) is 9.61. The highest BCUT2D eigenvalue weighted by atomic mass is 16.6. The summed E-state index contributed by atoms with van der Waals surface area (Å²) in [6.07, 6.45) is 67.6. The first-order valence-corrected chi connectivity index (χ1v) is 25.8. The normalized spacial score (nSPS) is 12.7. The molecule has 0 rings (SSSR count). The monoisotopic (exact) mass is 839 g/mol. The van der Waals surface area contributed by atoms with Crippen LogP contribution in [0.2, 0.25) is 0 Å². The molecular weight excluding hydrogens is 741 g/mol. The van der Waals surface area contributed by atoms with Gasteiger partial charge in [0, 0.05) is 12.8 Å². The van der Waals surface area contributed by atoms with Crippen LogP contribution in [0.4, 0.5) is 0 Å². The van der Waals surface area contributed by atoms with Crippen LogP contribution in [0, 0.1) is 0 Å². The number of aliphatic hydroxyl groups excluding tert-OH is 1. The summed E-state index contributed by atoms with van der Waals surface area (Å²) in [7, 11) is 0. The molecule has 0 fully saturated rings. The first-order chi connectivity index (χ1) is 29.6. The first kappa shape index (κ1) is 57.6. The second-order valence-corrected chi connectivity index (χ2v) is 17.2. The third kappa shape index (κ3) is 48.3. The lowest BCUT2D eigenvalue weighted by Crippen LogP contribution is -2.28. The Morgan fingerprint density at radius 3 is 1.08 bits per heavy atom.